The lowest BCUT2D eigenvalue weighted by atomic mass is 9.81. The van der Waals surface area contributed by atoms with Crippen LogP contribution in [0.3, 0.4) is 0 Å². The molecule has 1 aromatic heterocycles. The minimum Gasteiger partial charge on any atom is -0.466 e. The lowest BCUT2D eigenvalue weighted by Gasteiger charge is -2.35. The molecule has 2 heterocycles. The Morgan fingerprint density at radius 1 is 1.00 bits per heavy atom. The van der Waals surface area contributed by atoms with Gasteiger partial charge in [0.2, 0.25) is 14.2 Å². The van der Waals surface area contributed by atoms with Crippen LogP contribution in [0.1, 0.15) is 17.0 Å². The molecular weight excluding hydrogens is 576 g/mol. The van der Waals surface area contributed by atoms with Crippen molar-refractivity contribution < 1.29 is 27.5 Å². The van der Waals surface area contributed by atoms with Crippen molar-refractivity contribution in [3.05, 3.63) is 113 Å². The third-order valence-corrected chi connectivity index (χ3v) is 9.85. The predicted octanol–water partition coefficient (Wildman–Crippen LogP) is 4.17. The molecule has 3 aromatic carbocycles. The van der Waals surface area contributed by atoms with Gasteiger partial charge in [-0.15, -0.1) is 11.3 Å². The van der Waals surface area contributed by atoms with Crippen molar-refractivity contribution in [2.24, 2.45) is 5.73 Å². The van der Waals surface area contributed by atoms with Crippen LogP contribution in [0.5, 0.6) is 0 Å². The molecule has 1 aliphatic rings. The van der Waals surface area contributed by atoms with Gasteiger partial charge in [-0.1, -0.05) is 60.7 Å². The largest absolute Gasteiger partial charge is 0.466 e. The van der Waals surface area contributed by atoms with E-state index in [0.717, 1.165) is 18.4 Å². The molecule has 0 spiro atoms. The van der Waals surface area contributed by atoms with Crippen LogP contribution in [0.15, 0.2) is 106 Å². The average Bonchev–Trinajstić information content (AvgIpc) is 3.45. The summed E-state index contributed by atoms with van der Waals surface area (Å²) in [6, 6.07) is 24.3. The van der Waals surface area contributed by atoms with Gasteiger partial charge in [0.15, 0.2) is 0 Å². The molecule has 212 valence electrons. The van der Waals surface area contributed by atoms with Gasteiger partial charge < -0.3 is 15.2 Å². The fourth-order valence-electron chi connectivity index (χ4n) is 4.80. The number of sulfone groups is 1. The van der Waals surface area contributed by atoms with Gasteiger partial charge in [0.1, 0.15) is 11.5 Å². The number of methoxy groups -OCH3 is 2. The second kappa shape index (κ2) is 11.5. The summed E-state index contributed by atoms with van der Waals surface area (Å²) in [7, 11) is -1.42. The summed E-state index contributed by atoms with van der Waals surface area (Å²) in [5, 5.41) is 10.2. The number of ether oxygens (including phenoxy) is 2. The number of nitrogens with zero attached hydrogens (tertiary/aromatic N) is 3. The van der Waals surface area contributed by atoms with Gasteiger partial charge in [-0.2, -0.15) is 5.26 Å². The number of nitriles is 1. The van der Waals surface area contributed by atoms with Crippen molar-refractivity contribution in [3.8, 4) is 6.07 Å². The van der Waals surface area contributed by atoms with E-state index in [1.54, 1.807) is 78.9 Å². The van der Waals surface area contributed by atoms with Crippen molar-refractivity contribution >= 4 is 49.0 Å². The highest BCUT2D eigenvalue weighted by molar-refractivity contribution is 7.92. The Bertz CT molecular complexity index is 1910. The maximum atomic E-state index is 13.3. The van der Waals surface area contributed by atoms with E-state index in [-0.39, 0.29) is 38.4 Å². The molecule has 1 atom stereocenters. The summed E-state index contributed by atoms with van der Waals surface area (Å²) in [5.41, 5.74) is 8.10. The average molecular weight is 601 g/mol. The van der Waals surface area contributed by atoms with Gasteiger partial charge in [-0.3, -0.25) is 4.90 Å². The van der Waals surface area contributed by atoms with Crippen molar-refractivity contribution in [1.82, 2.24) is 4.98 Å². The molecule has 0 saturated heterocycles. The van der Waals surface area contributed by atoms with E-state index in [2.05, 4.69) is 11.1 Å². The quantitative estimate of drug-likeness (QED) is 0.306. The molecule has 0 amide bonds. The minimum absolute atomic E-state index is 0.0183. The molecule has 0 saturated carbocycles. The Morgan fingerprint density at radius 2 is 1.64 bits per heavy atom. The molecule has 12 heteroatoms. The Kier molecular flexibility index (Phi) is 7.80. The number of aromatic nitrogens is 1. The van der Waals surface area contributed by atoms with Gasteiger partial charge >= 0.3 is 11.9 Å². The molecule has 5 rings (SSSR count). The second-order valence-electron chi connectivity index (χ2n) is 9.21. The molecular formula is C30H24N4O6S2. The van der Waals surface area contributed by atoms with Crippen LogP contribution in [0, 0.1) is 11.3 Å². The lowest BCUT2D eigenvalue weighted by molar-refractivity contribution is -0.139. The third-order valence-electron chi connectivity index (χ3n) is 6.69. The van der Waals surface area contributed by atoms with Gasteiger partial charge in [0.05, 0.1) is 53.3 Å². The highest BCUT2D eigenvalue weighted by atomic mass is 32.2. The van der Waals surface area contributed by atoms with Crippen LogP contribution >= 0.6 is 11.3 Å². The van der Waals surface area contributed by atoms with Gasteiger partial charge in [0.25, 0.3) is 0 Å². The molecule has 0 bridgehead atoms. The van der Waals surface area contributed by atoms with E-state index in [4.69, 9.17) is 15.2 Å². The van der Waals surface area contributed by atoms with Crippen molar-refractivity contribution in [2.75, 3.05) is 19.1 Å². The fourth-order valence-corrected chi connectivity index (χ4v) is 7.48. The monoisotopic (exact) mass is 600 g/mol. The first-order chi connectivity index (χ1) is 20.2. The van der Waals surface area contributed by atoms with E-state index in [0.29, 0.717) is 21.3 Å². The summed E-state index contributed by atoms with van der Waals surface area (Å²) in [6.45, 7) is 0. The number of rotatable bonds is 7. The highest BCUT2D eigenvalue weighted by Crippen LogP contribution is 2.44. The first-order valence-corrected chi connectivity index (χ1v) is 15.0. The van der Waals surface area contributed by atoms with Gasteiger partial charge in [0, 0.05) is 5.69 Å². The summed E-state index contributed by atoms with van der Waals surface area (Å²) in [5.74, 6) is -3.04. The zero-order chi connectivity index (χ0) is 30.0. The normalized spacial score (nSPS) is 15.5. The Hall–Kier alpha value is -4.99. The summed E-state index contributed by atoms with van der Waals surface area (Å²) in [4.78, 5) is 32.1. The zero-order valence-corrected chi connectivity index (χ0v) is 24.1. The lowest BCUT2D eigenvalue weighted by Crippen LogP contribution is -2.40. The standard InChI is InChI=1S/C30H24N4O6S2/c1-39-28(35)25-24(19-11-7-4-8-12-19)21(16-31)27(32)34(26(25)29(36)40-2)20-13-14-22-23(15-20)41-30(33-22)42(37,38)17-18-9-5-3-6-10-18/h3-15,24H,17,32H2,1-2H3. The van der Waals surface area contributed by atoms with E-state index in [1.807, 2.05) is 0 Å². The van der Waals surface area contributed by atoms with E-state index < -0.39 is 27.7 Å². The molecule has 1 unspecified atom stereocenters. The molecule has 0 radical (unpaired) electrons. The van der Waals surface area contributed by atoms with Crippen molar-refractivity contribution in [3.63, 3.8) is 0 Å². The molecule has 4 aromatic rings. The van der Waals surface area contributed by atoms with Gasteiger partial charge in [-0.25, -0.2) is 23.0 Å². The molecule has 0 fully saturated rings. The highest BCUT2D eigenvalue weighted by Gasteiger charge is 2.43. The van der Waals surface area contributed by atoms with E-state index in [9.17, 15) is 23.3 Å². The van der Waals surface area contributed by atoms with Crippen LogP contribution in [-0.2, 0) is 34.7 Å². The van der Waals surface area contributed by atoms with Crippen molar-refractivity contribution in [2.45, 2.75) is 16.0 Å². The molecule has 42 heavy (non-hydrogen) atoms. The smallest absolute Gasteiger partial charge is 0.355 e. The third kappa shape index (κ3) is 5.11. The summed E-state index contributed by atoms with van der Waals surface area (Å²) in [6.07, 6.45) is 0. The fraction of sp³-hybridized carbons (Fsp3) is 0.133. The van der Waals surface area contributed by atoms with E-state index in [1.165, 1.54) is 12.0 Å². The first-order valence-electron chi connectivity index (χ1n) is 12.5. The number of thiazole rings is 1. The number of benzene rings is 3. The van der Waals surface area contributed by atoms with Crippen LogP contribution < -0.4 is 10.6 Å². The molecule has 0 aliphatic carbocycles. The summed E-state index contributed by atoms with van der Waals surface area (Å²) >= 11 is 0.962. The Morgan fingerprint density at radius 3 is 2.26 bits per heavy atom. The maximum absolute atomic E-state index is 13.3. The number of carbonyl (C=O) groups excluding carboxylic acids is 2. The molecule has 10 nitrogen and oxygen atoms in total. The number of carbonyl (C=O) groups is 2. The first kappa shape index (κ1) is 28.5. The number of hydrogen-bond acceptors (Lipinski definition) is 11. The van der Waals surface area contributed by atoms with Crippen LogP contribution in [0.25, 0.3) is 10.2 Å². The Balaban J connectivity index is 1.68. The number of esters is 2. The Labute approximate surface area is 245 Å². The summed E-state index contributed by atoms with van der Waals surface area (Å²) < 4.78 is 36.8. The zero-order valence-electron chi connectivity index (χ0n) is 22.5. The number of anilines is 1. The number of hydrogen-bond donors (Lipinski definition) is 1. The SMILES string of the molecule is COC(=O)C1=C(C(=O)OC)N(c2ccc3nc(S(=O)(=O)Cc4ccccc4)sc3c2)C(N)=C(C#N)C1c1ccccc1. The predicted molar refractivity (Wildman–Crippen MR) is 156 cm³/mol. The second-order valence-corrected chi connectivity index (χ2v) is 12.4. The minimum atomic E-state index is -3.75. The number of nitrogens with two attached hydrogens (primary N) is 1. The topological polar surface area (TPSA) is 153 Å². The van der Waals surface area contributed by atoms with Gasteiger partial charge in [-0.05, 0) is 29.3 Å². The van der Waals surface area contributed by atoms with Crippen LogP contribution in [-0.4, -0.2) is 39.6 Å². The molecule has 2 N–H and O–H groups in total. The van der Waals surface area contributed by atoms with Crippen LogP contribution in [0.4, 0.5) is 5.69 Å². The maximum Gasteiger partial charge on any atom is 0.355 e. The number of fused-ring (bicyclic) bond motifs is 1. The van der Waals surface area contributed by atoms with Crippen LogP contribution in [0.2, 0.25) is 0 Å². The number of allylic oxidation sites excluding steroid dienone is 1. The molecule has 1 aliphatic heterocycles. The van der Waals surface area contributed by atoms with Crippen molar-refractivity contribution in [1.29, 1.82) is 5.26 Å². The van der Waals surface area contributed by atoms with E-state index >= 15 is 0 Å².